The van der Waals surface area contributed by atoms with Crippen molar-refractivity contribution < 1.29 is 19.0 Å². The number of ether oxygens (including phenoxy) is 1. The minimum atomic E-state index is -0.751. The van der Waals surface area contributed by atoms with Crippen LogP contribution in [0.1, 0.15) is 5.56 Å². The summed E-state index contributed by atoms with van der Waals surface area (Å²) >= 11 is 0. The van der Waals surface area contributed by atoms with Crippen molar-refractivity contribution in [1.82, 2.24) is 0 Å². The summed E-state index contributed by atoms with van der Waals surface area (Å²) in [4.78, 5) is 10.7. The van der Waals surface area contributed by atoms with Gasteiger partial charge in [0.25, 0.3) is 0 Å². The topological polar surface area (TPSA) is 49.4 Å². The highest BCUT2D eigenvalue weighted by atomic mass is 19.1. The molecule has 3 nitrogen and oxygen atoms in total. The molecule has 1 aromatic carbocycles. The number of hydrogen-bond acceptors (Lipinski definition) is 3. The van der Waals surface area contributed by atoms with E-state index in [1.165, 1.54) is 18.2 Å². The van der Waals surface area contributed by atoms with Crippen molar-refractivity contribution >= 4 is 11.7 Å². The first-order chi connectivity index (χ1) is 6.63. The first kappa shape index (κ1) is 10.2. The number of halogens is 1. The zero-order valence-corrected chi connectivity index (χ0v) is 7.49. The molecule has 0 aliphatic carbocycles. The lowest BCUT2D eigenvalue weighted by Gasteiger charge is -2.10. The monoisotopic (exact) mass is 195 g/mol. The zero-order valence-electron chi connectivity index (χ0n) is 7.49. The van der Waals surface area contributed by atoms with E-state index in [9.17, 15) is 14.3 Å². The third-order valence-electron chi connectivity index (χ3n) is 1.56. The summed E-state index contributed by atoms with van der Waals surface area (Å²) in [5, 5.41) is 11.2. The standard InChI is InChI=1S/C10H9FO3/c1-14-10(13)6-9(12)7-3-2-4-8(11)5-7/h2-6,12H,1H3/p-1/b9-6-. The molecule has 4 heteroatoms. The molecule has 1 rings (SSSR count). The molecular formula is C10H8FO3-. The van der Waals surface area contributed by atoms with Crippen LogP contribution in [-0.4, -0.2) is 13.1 Å². The zero-order chi connectivity index (χ0) is 10.6. The molecule has 0 bridgehead atoms. The predicted octanol–water partition coefficient (Wildman–Crippen LogP) is 0.700. The average molecular weight is 195 g/mol. The number of benzene rings is 1. The Morgan fingerprint density at radius 3 is 2.86 bits per heavy atom. The molecule has 0 fully saturated rings. The van der Waals surface area contributed by atoms with Gasteiger partial charge in [-0.15, -0.1) is 0 Å². The second-order valence-electron chi connectivity index (χ2n) is 2.54. The van der Waals surface area contributed by atoms with Crippen molar-refractivity contribution in [2.45, 2.75) is 0 Å². The second-order valence-corrected chi connectivity index (χ2v) is 2.54. The van der Waals surface area contributed by atoms with E-state index in [-0.39, 0.29) is 5.56 Å². The number of methoxy groups -OCH3 is 1. The van der Waals surface area contributed by atoms with Gasteiger partial charge in [-0.25, -0.2) is 9.18 Å². The summed E-state index contributed by atoms with van der Waals surface area (Å²) in [7, 11) is 1.16. The van der Waals surface area contributed by atoms with Crippen LogP contribution in [0.4, 0.5) is 4.39 Å². The molecule has 0 atom stereocenters. The van der Waals surface area contributed by atoms with Gasteiger partial charge in [0.2, 0.25) is 0 Å². The maximum atomic E-state index is 12.7. The molecule has 14 heavy (non-hydrogen) atoms. The van der Waals surface area contributed by atoms with Crippen molar-refractivity contribution in [2.24, 2.45) is 0 Å². The first-order valence-corrected chi connectivity index (χ1v) is 3.86. The highest BCUT2D eigenvalue weighted by molar-refractivity contribution is 5.88. The Hall–Kier alpha value is -1.84. The Bertz CT molecular complexity index is 371. The predicted molar refractivity (Wildman–Crippen MR) is 46.4 cm³/mol. The molecule has 0 amide bonds. The van der Waals surface area contributed by atoms with Gasteiger partial charge in [0.05, 0.1) is 7.11 Å². The van der Waals surface area contributed by atoms with E-state index in [0.717, 1.165) is 19.3 Å². The van der Waals surface area contributed by atoms with Gasteiger partial charge in [0, 0.05) is 6.08 Å². The second kappa shape index (κ2) is 4.41. The average Bonchev–Trinajstić information content (AvgIpc) is 2.17. The molecule has 1 aromatic rings. The molecule has 0 radical (unpaired) electrons. The van der Waals surface area contributed by atoms with Crippen molar-refractivity contribution in [2.75, 3.05) is 7.11 Å². The molecular weight excluding hydrogens is 187 g/mol. The van der Waals surface area contributed by atoms with Crippen LogP contribution in [-0.2, 0) is 9.53 Å². The van der Waals surface area contributed by atoms with Crippen molar-refractivity contribution in [3.63, 3.8) is 0 Å². The first-order valence-electron chi connectivity index (χ1n) is 3.86. The van der Waals surface area contributed by atoms with Crippen LogP contribution in [0.3, 0.4) is 0 Å². The highest BCUT2D eigenvalue weighted by Crippen LogP contribution is 2.09. The highest BCUT2D eigenvalue weighted by Gasteiger charge is 1.96. The summed E-state index contributed by atoms with van der Waals surface area (Å²) in [6.07, 6.45) is 0.773. The molecule has 0 N–H and O–H groups in total. The molecule has 0 saturated heterocycles. The Morgan fingerprint density at radius 2 is 2.29 bits per heavy atom. The van der Waals surface area contributed by atoms with Gasteiger partial charge in [-0.05, 0) is 17.7 Å². The fourth-order valence-electron chi connectivity index (χ4n) is 0.891. The van der Waals surface area contributed by atoms with E-state index in [2.05, 4.69) is 4.74 Å². The van der Waals surface area contributed by atoms with Crippen LogP contribution in [0.15, 0.2) is 30.3 Å². The fourth-order valence-corrected chi connectivity index (χ4v) is 0.891. The van der Waals surface area contributed by atoms with E-state index in [1.54, 1.807) is 0 Å². The maximum Gasteiger partial charge on any atom is 0.329 e. The van der Waals surface area contributed by atoms with Gasteiger partial charge < -0.3 is 9.84 Å². The lowest BCUT2D eigenvalue weighted by atomic mass is 10.2. The smallest absolute Gasteiger partial charge is 0.329 e. The minimum Gasteiger partial charge on any atom is -0.872 e. The third kappa shape index (κ3) is 2.58. The fraction of sp³-hybridized carbons (Fsp3) is 0.100. The van der Waals surface area contributed by atoms with Gasteiger partial charge in [-0.2, -0.15) is 0 Å². The van der Waals surface area contributed by atoms with Gasteiger partial charge in [0.1, 0.15) is 5.82 Å². The largest absolute Gasteiger partial charge is 0.872 e. The summed E-state index contributed by atoms with van der Waals surface area (Å²) < 4.78 is 16.9. The van der Waals surface area contributed by atoms with Crippen LogP contribution in [0.25, 0.3) is 5.76 Å². The van der Waals surface area contributed by atoms with Crippen LogP contribution in [0.5, 0.6) is 0 Å². The maximum absolute atomic E-state index is 12.7. The van der Waals surface area contributed by atoms with E-state index in [1.807, 2.05) is 0 Å². The number of carbonyl (C=O) groups excluding carboxylic acids is 1. The Balaban J connectivity index is 2.94. The van der Waals surface area contributed by atoms with Gasteiger partial charge in [-0.3, -0.25) is 0 Å². The van der Waals surface area contributed by atoms with Crippen molar-refractivity contribution in [3.05, 3.63) is 41.7 Å². The lowest BCUT2D eigenvalue weighted by Crippen LogP contribution is -2.06. The molecule has 0 spiro atoms. The number of carbonyl (C=O) groups is 1. The van der Waals surface area contributed by atoms with Gasteiger partial charge in [0.15, 0.2) is 0 Å². The SMILES string of the molecule is COC(=O)/C=C(\[O-])c1cccc(F)c1. The number of esters is 1. The summed E-state index contributed by atoms with van der Waals surface area (Å²) in [6, 6.07) is 5.09. The third-order valence-corrected chi connectivity index (χ3v) is 1.56. The van der Waals surface area contributed by atoms with E-state index < -0.39 is 17.5 Å². The Kier molecular flexibility index (Phi) is 3.23. The molecule has 0 unspecified atom stereocenters. The van der Waals surface area contributed by atoms with E-state index in [0.29, 0.717) is 0 Å². The number of hydrogen-bond donors (Lipinski definition) is 0. The molecule has 0 aromatic heterocycles. The quantitative estimate of drug-likeness (QED) is 0.396. The van der Waals surface area contributed by atoms with Crippen LogP contribution in [0, 0.1) is 5.82 Å². The van der Waals surface area contributed by atoms with Crippen molar-refractivity contribution in [3.8, 4) is 0 Å². The van der Waals surface area contributed by atoms with E-state index >= 15 is 0 Å². The Labute approximate surface area is 80.4 Å². The minimum absolute atomic E-state index is 0.121. The molecule has 0 aliphatic rings. The molecule has 74 valence electrons. The normalized spacial score (nSPS) is 11.1. The van der Waals surface area contributed by atoms with Crippen LogP contribution < -0.4 is 5.11 Å². The molecule has 0 heterocycles. The Morgan fingerprint density at radius 1 is 1.57 bits per heavy atom. The lowest BCUT2D eigenvalue weighted by molar-refractivity contribution is -0.244. The van der Waals surface area contributed by atoms with E-state index in [4.69, 9.17) is 0 Å². The van der Waals surface area contributed by atoms with Gasteiger partial charge in [-0.1, -0.05) is 17.9 Å². The molecule has 0 aliphatic heterocycles. The van der Waals surface area contributed by atoms with Crippen LogP contribution >= 0.6 is 0 Å². The van der Waals surface area contributed by atoms with Gasteiger partial charge >= 0.3 is 5.97 Å². The summed E-state index contributed by atoms with van der Waals surface area (Å²) in [5.74, 6) is -1.84. The van der Waals surface area contributed by atoms with Crippen LogP contribution in [0.2, 0.25) is 0 Å². The van der Waals surface area contributed by atoms with Crippen molar-refractivity contribution in [1.29, 1.82) is 0 Å². The summed E-state index contributed by atoms with van der Waals surface area (Å²) in [6.45, 7) is 0. The molecule has 0 saturated carbocycles. The number of rotatable bonds is 2. The summed E-state index contributed by atoms with van der Waals surface area (Å²) in [5.41, 5.74) is 0.121.